The summed E-state index contributed by atoms with van der Waals surface area (Å²) in [6.45, 7) is 6.85. The summed E-state index contributed by atoms with van der Waals surface area (Å²) >= 11 is 0. The van der Waals surface area contributed by atoms with Crippen LogP contribution >= 0.6 is 0 Å². The van der Waals surface area contributed by atoms with Crippen LogP contribution in [0.2, 0.25) is 0 Å². The normalized spacial score (nSPS) is 12.1. The van der Waals surface area contributed by atoms with Crippen molar-refractivity contribution in [3.63, 3.8) is 0 Å². The van der Waals surface area contributed by atoms with Crippen molar-refractivity contribution < 1.29 is 0 Å². The van der Waals surface area contributed by atoms with E-state index in [2.05, 4.69) is 41.8 Å². The molecule has 0 atom stereocenters. The Morgan fingerprint density at radius 3 is 2.76 bits per heavy atom. The summed E-state index contributed by atoms with van der Waals surface area (Å²) in [6, 6.07) is 4.11. The van der Waals surface area contributed by atoms with Crippen molar-refractivity contribution >= 4 is 11.5 Å². The van der Waals surface area contributed by atoms with Gasteiger partial charge in [0.05, 0.1) is 0 Å². The second-order valence-electron chi connectivity index (χ2n) is 5.00. The van der Waals surface area contributed by atoms with Crippen molar-refractivity contribution in [2.45, 2.75) is 26.3 Å². The van der Waals surface area contributed by atoms with Gasteiger partial charge in [-0.1, -0.05) is 0 Å². The van der Waals surface area contributed by atoms with Crippen LogP contribution in [0.4, 0.5) is 5.82 Å². The Morgan fingerprint density at radius 2 is 2.12 bits per heavy atom. The fourth-order valence-electron chi connectivity index (χ4n) is 1.72. The van der Waals surface area contributed by atoms with E-state index in [9.17, 15) is 0 Å². The molecule has 0 aliphatic carbocycles. The van der Waals surface area contributed by atoms with E-state index in [4.69, 9.17) is 5.73 Å². The molecule has 0 saturated heterocycles. The standard InChI is InChI=1S/C12H19N5/c1-9-5-10-14-8-15-17(10)11(6-9)16(4)12(2,3)7-13/h5-6,8H,7,13H2,1-4H3. The molecule has 0 saturated carbocycles. The fourth-order valence-corrected chi connectivity index (χ4v) is 1.72. The number of rotatable bonds is 3. The predicted molar refractivity (Wildman–Crippen MR) is 69.3 cm³/mol. The first kappa shape index (κ1) is 11.9. The first-order valence-corrected chi connectivity index (χ1v) is 5.70. The van der Waals surface area contributed by atoms with Gasteiger partial charge in [0, 0.05) is 19.1 Å². The van der Waals surface area contributed by atoms with Crippen LogP contribution < -0.4 is 10.6 Å². The summed E-state index contributed by atoms with van der Waals surface area (Å²) in [5.41, 5.74) is 7.72. The van der Waals surface area contributed by atoms with E-state index in [1.54, 1.807) is 6.33 Å². The third-order valence-electron chi connectivity index (χ3n) is 3.26. The van der Waals surface area contributed by atoms with E-state index in [0.717, 1.165) is 11.5 Å². The number of likely N-dealkylation sites (N-methyl/N-ethyl adjacent to an activating group) is 1. The average molecular weight is 233 g/mol. The molecule has 0 aliphatic heterocycles. The predicted octanol–water partition coefficient (Wildman–Crippen LogP) is 1.21. The van der Waals surface area contributed by atoms with E-state index >= 15 is 0 Å². The van der Waals surface area contributed by atoms with Gasteiger partial charge in [0.2, 0.25) is 0 Å². The van der Waals surface area contributed by atoms with Gasteiger partial charge in [0.15, 0.2) is 5.65 Å². The Hall–Kier alpha value is -1.62. The maximum Gasteiger partial charge on any atom is 0.157 e. The summed E-state index contributed by atoms with van der Waals surface area (Å²) in [7, 11) is 2.03. The van der Waals surface area contributed by atoms with Crippen LogP contribution in [-0.4, -0.2) is 33.7 Å². The minimum Gasteiger partial charge on any atom is -0.353 e. The van der Waals surface area contributed by atoms with Crippen molar-refractivity contribution in [1.29, 1.82) is 0 Å². The quantitative estimate of drug-likeness (QED) is 0.865. The molecule has 17 heavy (non-hydrogen) atoms. The zero-order valence-electron chi connectivity index (χ0n) is 10.8. The zero-order valence-corrected chi connectivity index (χ0v) is 10.8. The summed E-state index contributed by atoms with van der Waals surface area (Å²) in [5.74, 6) is 1.01. The molecule has 92 valence electrons. The largest absolute Gasteiger partial charge is 0.353 e. The lowest BCUT2D eigenvalue weighted by molar-refractivity contribution is 0.491. The van der Waals surface area contributed by atoms with E-state index < -0.39 is 0 Å². The van der Waals surface area contributed by atoms with E-state index in [1.807, 2.05) is 17.6 Å². The molecule has 0 aliphatic rings. The molecule has 2 rings (SSSR count). The van der Waals surface area contributed by atoms with Crippen molar-refractivity contribution in [2.75, 3.05) is 18.5 Å². The van der Waals surface area contributed by atoms with Gasteiger partial charge in [-0.15, -0.1) is 0 Å². The molecular formula is C12H19N5. The monoisotopic (exact) mass is 233 g/mol. The maximum absolute atomic E-state index is 5.82. The van der Waals surface area contributed by atoms with Gasteiger partial charge in [-0.05, 0) is 38.5 Å². The highest BCUT2D eigenvalue weighted by Crippen LogP contribution is 2.23. The van der Waals surface area contributed by atoms with Crippen molar-refractivity contribution in [2.24, 2.45) is 5.73 Å². The van der Waals surface area contributed by atoms with Gasteiger partial charge >= 0.3 is 0 Å². The summed E-state index contributed by atoms with van der Waals surface area (Å²) < 4.78 is 1.84. The van der Waals surface area contributed by atoms with Crippen LogP contribution in [0, 0.1) is 6.92 Å². The third-order valence-corrected chi connectivity index (χ3v) is 3.26. The van der Waals surface area contributed by atoms with Crippen molar-refractivity contribution in [3.05, 3.63) is 24.0 Å². The molecule has 2 heterocycles. The van der Waals surface area contributed by atoms with Crippen LogP contribution in [0.5, 0.6) is 0 Å². The first-order chi connectivity index (χ1) is 7.95. The molecule has 2 N–H and O–H groups in total. The minimum atomic E-state index is -0.118. The molecule has 0 spiro atoms. The Balaban J connectivity index is 2.58. The van der Waals surface area contributed by atoms with Crippen LogP contribution in [0.3, 0.4) is 0 Å². The topological polar surface area (TPSA) is 59.5 Å². The molecule has 5 nitrogen and oxygen atoms in total. The van der Waals surface area contributed by atoms with Crippen LogP contribution in [0.25, 0.3) is 5.65 Å². The molecule has 0 fully saturated rings. The molecule has 0 radical (unpaired) electrons. The Kier molecular flexibility index (Phi) is 2.79. The van der Waals surface area contributed by atoms with Gasteiger partial charge in [-0.25, -0.2) is 4.98 Å². The first-order valence-electron chi connectivity index (χ1n) is 5.70. The number of aryl methyl sites for hydroxylation is 1. The smallest absolute Gasteiger partial charge is 0.157 e. The minimum absolute atomic E-state index is 0.118. The second kappa shape index (κ2) is 4.00. The van der Waals surface area contributed by atoms with Crippen LogP contribution in [0.15, 0.2) is 18.5 Å². The summed E-state index contributed by atoms with van der Waals surface area (Å²) in [5, 5.41) is 4.25. The highest BCUT2D eigenvalue weighted by atomic mass is 15.4. The highest BCUT2D eigenvalue weighted by Gasteiger charge is 2.24. The van der Waals surface area contributed by atoms with Gasteiger partial charge in [-0.2, -0.15) is 9.61 Å². The van der Waals surface area contributed by atoms with Crippen LogP contribution in [-0.2, 0) is 0 Å². The number of nitrogens with two attached hydrogens (primary N) is 1. The maximum atomic E-state index is 5.82. The van der Waals surface area contributed by atoms with E-state index in [1.165, 1.54) is 5.56 Å². The van der Waals surface area contributed by atoms with Crippen LogP contribution in [0.1, 0.15) is 19.4 Å². The lowest BCUT2D eigenvalue weighted by Crippen LogP contribution is -2.48. The Bertz CT molecular complexity index is 529. The number of anilines is 1. The summed E-state index contributed by atoms with van der Waals surface area (Å²) in [4.78, 5) is 6.36. The molecule has 0 amide bonds. The number of pyridine rings is 1. The molecule has 2 aromatic heterocycles. The second-order valence-corrected chi connectivity index (χ2v) is 5.00. The lowest BCUT2D eigenvalue weighted by Gasteiger charge is -2.36. The molecule has 0 aromatic carbocycles. The molecule has 2 aromatic rings. The number of aromatic nitrogens is 3. The number of nitrogens with zero attached hydrogens (tertiary/aromatic N) is 4. The van der Waals surface area contributed by atoms with E-state index in [-0.39, 0.29) is 5.54 Å². The highest BCUT2D eigenvalue weighted by molar-refractivity contribution is 5.53. The molecular weight excluding hydrogens is 214 g/mol. The number of hydrogen-bond donors (Lipinski definition) is 1. The van der Waals surface area contributed by atoms with Gasteiger partial charge in [0.1, 0.15) is 12.1 Å². The molecule has 0 unspecified atom stereocenters. The molecule has 0 bridgehead atoms. The fraction of sp³-hybridized carbons (Fsp3) is 0.500. The molecule has 5 heteroatoms. The van der Waals surface area contributed by atoms with E-state index in [0.29, 0.717) is 6.54 Å². The zero-order chi connectivity index (χ0) is 12.6. The van der Waals surface area contributed by atoms with Crippen molar-refractivity contribution in [3.8, 4) is 0 Å². The number of fused-ring (bicyclic) bond motifs is 1. The van der Waals surface area contributed by atoms with Crippen molar-refractivity contribution in [1.82, 2.24) is 14.6 Å². The SMILES string of the molecule is Cc1cc(N(C)C(C)(C)CN)n2ncnc2c1. The van der Waals surface area contributed by atoms with Gasteiger partial charge in [0.25, 0.3) is 0 Å². The van der Waals surface area contributed by atoms with Gasteiger partial charge < -0.3 is 10.6 Å². The summed E-state index contributed by atoms with van der Waals surface area (Å²) in [6.07, 6.45) is 1.57. The number of hydrogen-bond acceptors (Lipinski definition) is 4. The lowest BCUT2D eigenvalue weighted by atomic mass is 10.0. The van der Waals surface area contributed by atoms with Gasteiger partial charge in [-0.3, -0.25) is 0 Å². The Morgan fingerprint density at radius 1 is 1.41 bits per heavy atom. The average Bonchev–Trinajstić information content (AvgIpc) is 2.74. The Labute approximate surface area is 101 Å². The third kappa shape index (κ3) is 1.98.